The fourth-order valence-corrected chi connectivity index (χ4v) is 10.4. The normalized spacial score (nSPS) is 11.8. The Balaban J connectivity index is 1.07. The van der Waals surface area contributed by atoms with Gasteiger partial charge in [-0.05, 0) is 84.9 Å². The monoisotopic (exact) mass is 869 g/mol. The molecule has 0 atom stereocenters. The minimum atomic E-state index is 0.365. The molecule has 0 unspecified atom stereocenters. The van der Waals surface area contributed by atoms with Gasteiger partial charge in [0.1, 0.15) is 22.3 Å². The lowest BCUT2D eigenvalue weighted by Gasteiger charge is -2.17. The minimum Gasteiger partial charge on any atom is -0.456 e. The number of rotatable bonds is 5. The van der Waals surface area contributed by atoms with E-state index in [4.69, 9.17) is 23.8 Å². The standard InChI is InChI=1S/C59H31N7O2/c60-32-34-22-24-45(65-43-18-8-4-14-37(43)53-47(65)26-28-51-55(53)39-16-6-10-20-49(39)67-51)41(30-34)58-62-57(36-12-2-1-3-13-36)63-59(64-58)42-31-35(33-61)23-25-46(42)66-44-19-9-5-15-38(44)54-48(66)27-29-52-56(54)40-17-7-11-21-50(40)68-52/h1-31H. The third kappa shape index (κ3) is 5.39. The van der Waals surface area contributed by atoms with Crippen molar-refractivity contribution in [3.8, 4) is 57.7 Å². The number of hydrogen-bond donors (Lipinski definition) is 0. The van der Waals surface area contributed by atoms with Gasteiger partial charge in [-0.1, -0.05) is 103 Å². The van der Waals surface area contributed by atoms with E-state index in [1.54, 1.807) is 0 Å². The van der Waals surface area contributed by atoms with E-state index in [9.17, 15) is 10.5 Å². The smallest absolute Gasteiger partial charge is 0.166 e. The molecule has 68 heavy (non-hydrogen) atoms. The van der Waals surface area contributed by atoms with Crippen LogP contribution in [-0.4, -0.2) is 24.1 Å². The SMILES string of the molecule is N#Cc1ccc(-n2c3ccccc3c3c4c(ccc32)oc2ccccc24)c(-c2nc(-c3ccccc3)nc(-c3cc(C#N)ccc3-n3c4ccccc4c4c5c(ccc43)oc3ccccc35)n2)c1. The van der Waals surface area contributed by atoms with Crippen molar-refractivity contribution in [3.63, 3.8) is 0 Å². The fourth-order valence-electron chi connectivity index (χ4n) is 10.4. The van der Waals surface area contributed by atoms with Gasteiger partial charge < -0.3 is 18.0 Å². The summed E-state index contributed by atoms with van der Waals surface area (Å²) in [5.41, 5.74) is 11.6. The second-order valence-corrected chi connectivity index (χ2v) is 16.9. The molecular formula is C59H31N7O2. The summed E-state index contributed by atoms with van der Waals surface area (Å²) in [6.07, 6.45) is 0. The first-order valence-corrected chi connectivity index (χ1v) is 22.2. The summed E-state index contributed by atoms with van der Waals surface area (Å²) < 4.78 is 17.2. The molecule has 0 spiro atoms. The van der Waals surface area contributed by atoms with Crippen LogP contribution in [0.25, 0.3) is 133 Å². The van der Waals surface area contributed by atoms with Crippen molar-refractivity contribution in [3.05, 3.63) is 199 Å². The molecular weight excluding hydrogens is 839 g/mol. The Kier molecular flexibility index (Phi) is 7.91. The van der Waals surface area contributed by atoms with Crippen molar-refractivity contribution < 1.29 is 8.83 Å². The van der Waals surface area contributed by atoms with E-state index in [0.717, 1.165) is 104 Å². The number of nitrogens with zero attached hydrogens (tertiary/aromatic N) is 7. The third-order valence-corrected chi connectivity index (χ3v) is 13.2. The molecule has 314 valence electrons. The number of nitriles is 2. The lowest BCUT2D eigenvalue weighted by molar-refractivity contribution is 0.669. The van der Waals surface area contributed by atoms with Crippen molar-refractivity contribution in [2.24, 2.45) is 0 Å². The van der Waals surface area contributed by atoms with Crippen LogP contribution < -0.4 is 0 Å². The zero-order chi connectivity index (χ0) is 45.0. The Bertz CT molecular complexity index is 4270. The quantitative estimate of drug-likeness (QED) is 0.169. The molecule has 0 saturated heterocycles. The molecule has 14 aromatic rings. The average Bonchev–Trinajstić information content (AvgIpc) is 4.16. The maximum atomic E-state index is 10.5. The zero-order valence-electron chi connectivity index (χ0n) is 35.8. The first-order chi connectivity index (χ1) is 33.6. The van der Waals surface area contributed by atoms with Gasteiger partial charge in [0.15, 0.2) is 17.5 Å². The van der Waals surface area contributed by atoms with E-state index < -0.39 is 0 Å². The topological polar surface area (TPSA) is 122 Å². The Morgan fingerprint density at radius 3 is 1.26 bits per heavy atom. The number of benzene rings is 9. The predicted molar refractivity (Wildman–Crippen MR) is 269 cm³/mol. The van der Waals surface area contributed by atoms with Crippen LogP contribution in [0, 0.1) is 22.7 Å². The number of hydrogen-bond acceptors (Lipinski definition) is 7. The van der Waals surface area contributed by atoms with Crippen LogP contribution in [-0.2, 0) is 0 Å². The second kappa shape index (κ2) is 14.3. The summed E-state index contributed by atoms with van der Waals surface area (Å²) >= 11 is 0. The van der Waals surface area contributed by atoms with Gasteiger partial charge >= 0.3 is 0 Å². The molecule has 0 bridgehead atoms. The summed E-state index contributed by atoms with van der Waals surface area (Å²) in [5, 5.41) is 29.3. The van der Waals surface area contributed by atoms with E-state index in [2.05, 4.69) is 81.9 Å². The van der Waals surface area contributed by atoms with Gasteiger partial charge in [0.25, 0.3) is 0 Å². The van der Waals surface area contributed by atoms with Gasteiger partial charge in [-0.3, -0.25) is 0 Å². The van der Waals surface area contributed by atoms with Crippen molar-refractivity contribution in [1.82, 2.24) is 24.1 Å². The lowest BCUT2D eigenvalue weighted by atomic mass is 10.0. The molecule has 0 aliphatic carbocycles. The summed E-state index contributed by atoms with van der Waals surface area (Å²) in [6, 6.07) is 67.2. The largest absolute Gasteiger partial charge is 0.456 e. The number of furan rings is 2. The van der Waals surface area contributed by atoms with E-state index >= 15 is 0 Å². The molecule has 9 nitrogen and oxygen atoms in total. The molecule has 0 aliphatic heterocycles. The van der Waals surface area contributed by atoms with Crippen LogP contribution in [0.1, 0.15) is 11.1 Å². The molecule has 14 rings (SSSR count). The maximum Gasteiger partial charge on any atom is 0.166 e. The Labute approximate surface area is 386 Å². The van der Waals surface area contributed by atoms with E-state index in [1.165, 1.54) is 0 Å². The number of aromatic nitrogens is 5. The van der Waals surface area contributed by atoms with Gasteiger partial charge in [-0.15, -0.1) is 0 Å². The van der Waals surface area contributed by atoms with Crippen LogP contribution in [0.4, 0.5) is 0 Å². The van der Waals surface area contributed by atoms with Crippen LogP contribution in [0.5, 0.6) is 0 Å². The minimum absolute atomic E-state index is 0.365. The van der Waals surface area contributed by atoms with Gasteiger partial charge in [0, 0.05) is 59.8 Å². The van der Waals surface area contributed by atoms with Crippen LogP contribution >= 0.6 is 0 Å². The van der Waals surface area contributed by atoms with Crippen molar-refractivity contribution in [2.75, 3.05) is 0 Å². The van der Waals surface area contributed by atoms with Crippen LogP contribution in [0.3, 0.4) is 0 Å². The molecule has 0 amide bonds. The molecule has 0 radical (unpaired) electrons. The van der Waals surface area contributed by atoms with Crippen molar-refractivity contribution in [2.45, 2.75) is 0 Å². The van der Waals surface area contributed by atoms with Crippen LogP contribution in [0.2, 0.25) is 0 Å². The third-order valence-electron chi connectivity index (χ3n) is 13.2. The maximum absolute atomic E-state index is 10.5. The molecule has 9 heteroatoms. The molecule has 5 heterocycles. The Morgan fingerprint density at radius 1 is 0.353 bits per heavy atom. The molecule has 0 saturated carbocycles. The molecule has 0 fully saturated rings. The first kappa shape index (κ1) is 37.5. The van der Waals surface area contributed by atoms with Gasteiger partial charge in [-0.2, -0.15) is 10.5 Å². The first-order valence-electron chi connectivity index (χ1n) is 22.2. The van der Waals surface area contributed by atoms with Crippen LogP contribution in [0.15, 0.2) is 197 Å². The Morgan fingerprint density at radius 2 is 0.779 bits per heavy atom. The Hall–Kier alpha value is -9.83. The predicted octanol–water partition coefficient (Wildman–Crippen LogP) is 14.6. The lowest BCUT2D eigenvalue weighted by Crippen LogP contribution is -2.06. The zero-order valence-corrected chi connectivity index (χ0v) is 35.8. The molecule has 5 aromatic heterocycles. The molecule has 9 aromatic carbocycles. The fraction of sp³-hybridized carbons (Fsp3) is 0. The second-order valence-electron chi connectivity index (χ2n) is 16.9. The summed E-state index contributed by atoms with van der Waals surface area (Å²) in [4.78, 5) is 15.9. The van der Waals surface area contributed by atoms with Gasteiger partial charge in [-0.25, -0.2) is 15.0 Å². The molecule has 0 N–H and O–H groups in total. The highest BCUT2D eigenvalue weighted by molar-refractivity contribution is 6.28. The molecule has 0 aliphatic rings. The highest BCUT2D eigenvalue weighted by atomic mass is 16.3. The van der Waals surface area contributed by atoms with Gasteiger partial charge in [0.2, 0.25) is 0 Å². The highest BCUT2D eigenvalue weighted by Gasteiger charge is 2.25. The van der Waals surface area contributed by atoms with Crippen molar-refractivity contribution in [1.29, 1.82) is 10.5 Å². The van der Waals surface area contributed by atoms with Crippen molar-refractivity contribution >= 4 is 87.5 Å². The summed E-state index contributed by atoms with van der Waals surface area (Å²) in [5.74, 6) is 1.17. The average molecular weight is 870 g/mol. The van der Waals surface area contributed by atoms with E-state index in [0.29, 0.717) is 39.7 Å². The van der Waals surface area contributed by atoms with Gasteiger partial charge in [0.05, 0.1) is 56.7 Å². The van der Waals surface area contributed by atoms with E-state index in [1.807, 2.05) is 127 Å². The summed E-state index contributed by atoms with van der Waals surface area (Å²) in [7, 11) is 0. The highest BCUT2D eigenvalue weighted by Crippen LogP contribution is 2.45. The number of fused-ring (bicyclic) bond motifs is 14. The van der Waals surface area contributed by atoms with E-state index in [-0.39, 0.29) is 0 Å². The summed E-state index contributed by atoms with van der Waals surface area (Å²) in [6.45, 7) is 0. The number of para-hydroxylation sites is 4.